The van der Waals surface area contributed by atoms with Gasteiger partial charge in [0, 0.05) is 52.0 Å². The molecular weight excluding hydrogens is 503 g/mol. The molecule has 1 amide bonds. The van der Waals surface area contributed by atoms with Crippen LogP contribution >= 0.6 is 24.0 Å². The van der Waals surface area contributed by atoms with Gasteiger partial charge in [0.15, 0.2) is 5.96 Å². The zero-order chi connectivity index (χ0) is 21.2. The summed E-state index contributed by atoms with van der Waals surface area (Å²) >= 11 is 0. The molecule has 8 heteroatoms. The summed E-state index contributed by atoms with van der Waals surface area (Å²) in [6.45, 7) is 9.72. The van der Waals surface area contributed by atoms with E-state index in [-0.39, 0.29) is 36.4 Å². The van der Waals surface area contributed by atoms with E-state index in [4.69, 9.17) is 0 Å². The summed E-state index contributed by atoms with van der Waals surface area (Å²) < 4.78 is 0. The molecule has 2 heterocycles. The van der Waals surface area contributed by atoms with E-state index in [0.29, 0.717) is 13.1 Å². The number of benzene rings is 1. The molecule has 0 radical (unpaired) electrons. The number of pyridine rings is 1. The normalized spacial score (nSPS) is 14.1. The van der Waals surface area contributed by atoms with Crippen molar-refractivity contribution in [2.45, 2.75) is 20.4 Å². The van der Waals surface area contributed by atoms with Crippen molar-refractivity contribution in [1.82, 2.24) is 20.1 Å². The van der Waals surface area contributed by atoms with Crippen LogP contribution in [0.1, 0.15) is 19.4 Å². The first-order chi connectivity index (χ1) is 14.7. The molecule has 0 bridgehead atoms. The zero-order valence-electron chi connectivity index (χ0n) is 18.4. The summed E-state index contributed by atoms with van der Waals surface area (Å²) in [5, 5.41) is 3.34. The number of rotatable bonds is 7. The van der Waals surface area contributed by atoms with Gasteiger partial charge in [0.25, 0.3) is 0 Å². The fraction of sp³-hybridized carbons (Fsp3) is 0.435. The maximum absolute atomic E-state index is 12.8. The summed E-state index contributed by atoms with van der Waals surface area (Å²) in [6.07, 6.45) is 1.83. The number of hydrogen-bond acceptors (Lipinski definition) is 4. The fourth-order valence-electron chi connectivity index (χ4n) is 3.54. The highest BCUT2D eigenvalue weighted by Crippen LogP contribution is 2.12. The number of guanidine groups is 1. The van der Waals surface area contributed by atoms with Crippen LogP contribution < -0.4 is 10.2 Å². The van der Waals surface area contributed by atoms with Gasteiger partial charge in [-0.25, -0.2) is 9.98 Å². The Morgan fingerprint density at radius 2 is 1.77 bits per heavy atom. The maximum Gasteiger partial charge on any atom is 0.244 e. The lowest BCUT2D eigenvalue weighted by molar-refractivity contribution is -0.130. The number of likely N-dealkylation sites (N-methyl/N-ethyl adjacent to an activating group) is 1. The molecule has 1 aliphatic rings. The van der Waals surface area contributed by atoms with Crippen LogP contribution in [-0.2, 0) is 11.3 Å². The van der Waals surface area contributed by atoms with Crippen LogP contribution in [0.25, 0.3) is 0 Å². The maximum atomic E-state index is 12.8. The SMILES string of the molecule is CCNC(=NCC(=O)N(CC)Cc1ccccc1)N1CCN(c2ccccn2)CC1.I. The third-order valence-electron chi connectivity index (χ3n) is 5.20. The molecule has 7 nitrogen and oxygen atoms in total. The molecule has 1 aliphatic heterocycles. The lowest BCUT2D eigenvalue weighted by atomic mass is 10.2. The van der Waals surface area contributed by atoms with Crippen LogP contribution in [0.3, 0.4) is 0 Å². The van der Waals surface area contributed by atoms with E-state index in [2.05, 4.69) is 32.0 Å². The molecule has 1 saturated heterocycles. The standard InChI is InChI=1S/C23H32N6O.HI/c1-3-24-23(29-16-14-28(15-17-29)21-12-8-9-13-25-21)26-18-22(30)27(4-2)19-20-10-6-5-7-11-20;/h5-13H,3-4,14-19H2,1-2H3,(H,24,26);1H. The van der Waals surface area contributed by atoms with Crippen LogP contribution in [0, 0.1) is 0 Å². The van der Waals surface area contributed by atoms with Crippen LogP contribution in [-0.4, -0.2) is 72.5 Å². The molecule has 0 unspecified atom stereocenters. The molecule has 168 valence electrons. The quantitative estimate of drug-likeness (QED) is 0.335. The summed E-state index contributed by atoms with van der Waals surface area (Å²) in [4.78, 5) is 28.2. The highest BCUT2D eigenvalue weighted by molar-refractivity contribution is 14.0. The van der Waals surface area contributed by atoms with Gasteiger partial charge in [-0.3, -0.25) is 4.79 Å². The van der Waals surface area contributed by atoms with E-state index in [9.17, 15) is 4.79 Å². The molecule has 3 rings (SSSR count). The number of anilines is 1. The number of amides is 1. The summed E-state index contributed by atoms with van der Waals surface area (Å²) in [7, 11) is 0. The molecule has 1 N–H and O–H groups in total. The van der Waals surface area contributed by atoms with Crippen molar-refractivity contribution in [1.29, 1.82) is 0 Å². The van der Waals surface area contributed by atoms with E-state index >= 15 is 0 Å². The molecule has 0 atom stereocenters. The molecule has 0 spiro atoms. The Morgan fingerprint density at radius 3 is 2.39 bits per heavy atom. The largest absolute Gasteiger partial charge is 0.357 e. The van der Waals surface area contributed by atoms with Gasteiger partial charge < -0.3 is 20.0 Å². The molecule has 31 heavy (non-hydrogen) atoms. The molecule has 0 aliphatic carbocycles. The minimum absolute atomic E-state index is 0. The van der Waals surface area contributed by atoms with Crippen molar-refractivity contribution in [2.24, 2.45) is 4.99 Å². The fourth-order valence-corrected chi connectivity index (χ4v) is 3.54. The predicted octanol–water partition coefficient (Wildman–Crippen LogP) is 2.84. The van der Waals surface area contributed by atoms with Gasteiger partial charge in [-0.2, -0.15) is 0 Å². The first-order valence-electron chi connectivity index (χ1n) is 10.7. The van der Waals surface area contributed by atoms with Crippen LogP contribution in [0.4, 0.5) is 5.82 Å². The van der Waals surface area contributed by atoms with Crippen LogP contribution in [0.2, 0.25) is 0 Å². The van der Waals surface area contributed by atoms with Gasteiger partial charge in [0.2, 0.25) is 5.91 Å². The number of piperazine rings is 1. The molecule has 1 fully saturated rings. The van der Waals surface area contributed by atoms with Crippen molar-refractivity contribution in [3.8, 4) is 0 Å². The minimum Gasteiger partial charge on any atom is -0.357 e. The van der Waals surface area contributed by atoms with Crippen molar-refractivity contribution in [3.05, 3.63) is 60.3 Å². The Hall–Kier alpha value is -2.36. The number of aromatic nitrogens is 1. The van der Waals surface area contributed by atoms with Gasteiger partial charge in [0.05, 0.1) is 0 Å². The zero-order valence-corrected chi connectivity index (χ0v) is 20.7. The number of nitrogens with zero attached hydrogens (tertiary/aromatic N) is 5. The monoisotopic (exact) mass is 536 g/mol. The molecule has 2 aromatic rings. The Morgan fingerprint density at radius 1 is 1.06 bits per heavy atom. The van der Waals surface area contributed by atoms with E-state index in [1.54, 1.807) is 0 Å². The van der Waals surface area contributed by atoms with Gasteiger partial charge >= 0.3 is 0 Å². The van der Waals surface area contributed by atoms with Crippen LogP contribution in [0.5, 0.6) is 0 Å². The minimum atomic E-state index is 0. The average Bonchev–Trinajstić information content (AvgIpc) is 2.81. The van der Waals surface area contributed by atoms with E-state index in [0.717, 1.165) is 50.1 Å². The third kappa shape index (κ3) is 7.37. The number of carbonyl (C=O) groups is 1. The van der Waals surface area contributed by atoms with Crippen LogP contribution in [0.15, 0.2) is 59.7 Å². The number of halogens is 1. The van der Waals surface area contributed by atoms with Crippen molar-refractivity contribution in [3.63, 3.8) is 0 Å². The van der Waals surface area contributed by atoms with E-state index in [1.165, 1.54) is 0 Å². The summed E-state index contributed by atoms with van der Waals surface area (Å²) in [6, 6.07) is 16.1. The predicted molar refractivity (Wildman–Crippen MR) is 137 cm³/mol. The number of carbonyl (C=O) groups excluding carboxylic acids is 1. The molecular formula is C23H33IN6O. The Kier molecular flexibility index (Phi) is 10.6. The number of nitrogens with one attached hydrogen (secondary N) is 1. The third-order valence-corrected chi connectivity index (χ3v) is 5.20. The Bertz CT molecular complexity index is 809. The van der Waals surface area contributed by atoms with Crippen molar-refractivity contribution >= 4 is 41.7 Å². The smallest absolute Gasteiger partial charge is 0.244 e. The average molecular weight is 536 g/mol. The first kappa shape index (κ1) is 24.9. The van der Waals surface area contributed by atoms with E-state index < -0.39 is 0 Å². The van der Waals surface area contributed by atoms with E-state index in [1.807, 2.05) is 66.6 Å². The topological polar surface area (TPSA) is 64.1 Å². The second kappa shape index (κ2) is 13.1. The Labute approximate surface area is 202 Å². The van der Waals surface area contributed by atoms with Crippen molar-refractivity contribution in [2.75, 3.05) is 50.7 Å². The van der Waals surface area contributed by atoms with Gasteiger partial charge in [-0.1, -0.05) is 36.4 Å². The van der Waals surface area contributed by atoms with Crippen molar-refractivity contribution < 1.29 is 4.79 Å². The second-order valence-electron chi connectivity index (χ2n) is 7.23. The Balaban J connectivity index is 0.00000341. The summed E-state index contributed by atoms with van der Waals surface area (Å²) in [5.74, 6) is 1.86. The first-order valence-corrected chi connectivity index (χ1v) is 10.7. The highest BCUT2D eigenvalue weighted by atomic mass is 127. The number of hydrogen-bond donors (Lipinski definition) is 1. The molecule has 0 saturated carbocycles. The van der Waals surface area contributed by atoms with Gasteiger partial charge in [-0.15, -0.1) is 24.0 Å². The molecule has 1 aromatic carbocycles. The van der Waals surface area contributed by atoms with Gasteiger partial charge in [0.1, 0.15) is 12.4 Å². The molecule has 1 aromatic heterocycles. The highest BCUT2D eigenvalue weighted by Gasteiger charge is 2.21. The lowest BCUT2D eigenvalue weighted by Gasteiger charge is -2.37. The second-order valence-corrected chi connectivity index (χ2v) is 7.23. The summed E-state index contributed by atoms with van der Waals surface area (Å²) in [5.41, 5.74) is 1.13. The number of aliphatic imine (C=N–C) groups is 1. The lowest BCUT2D eigenvalue weighted by Crippen LogP contribution is -2.53. The van der Waals surface area contributed by atoms with Gasteiger partial charge in [-0.05, 0) is 31.5 Å².